The van der Waals surface area contributed by atoms with E-state index in [1.165, 1.54) is 11.1 Å². The monoisotopic (exact) mass is 286 g/mol. The zero-order valence-corrected chi connectivity index (χ0v) is 14.4. The van der Waals surface area contributed by atoms with Gasteiger partial charge in [-0.05, 0) is 36.2 Å². The molecule has 0 saturated heterocycles. The van der Waals surface area contributed by atoms with Crippen molar-refractivity contribution < 1.29 is 4.43 Å². The van der Waals surface area contributed by atoms with Gasteiger partial charge in [0.15, 0.2) is 0 Å². The lowest BCUT2D eigenvalue weighted by molar-refractivity contribution is 0.458. The molecule has 0 spiro atoms. The van der Waals surface area contributed by atoms with Gasteiger partial charge in [0.05, 0.1) is 0 Å². The molecule has 2 heteroatoms. The first-order valence-electron chi connectivity index (χ1n) is 7.37. The molecule has 0 heterocycles. The van der Waals surface area contributed by atoms with Gasteiger partial charge in [-0.2, -0.15) is 0 Å². The van der Waals surface area contributed by atoms with Crippen LogP contribution in [0.2, 0.25) is 18.1 Å². The first-order chi connectivity index (χ1) is 9.26. The summed E-state index contributed by atoms with van der Waals surface area (Å²) in [7, 11) is -1.79. The summed E-state index contributed by atoms with van der Waals surface area (Å²) in [6.45, 7) is 15.3. The summed E-state index contributed by atoms with van der Waals surface area (Å²) in [6.07, 6.45) is 5.25. The molecule has 1 aromatic carbocycles. The van der Waals surface area contributed by atoms with Gasteiger partial charge < -0.3 is 4.43 Å². The first-order valence-corrected chi connectivity index (χ1v) is 10.3. The smallest absolute Gasteiger partial charge is 0.250 e. The number of benzene rings is 1. The minimum atomic E-state index is -1.79. The molecule has 0 aromatic heterocycles. The second-order valence-electron chi connectivity index (χ2n) is 7.11. The molecule has 0 saturated carbocycles. The zero-order valence-electron chi connectivity index (χ0n) is 13.4. The van der Waals surface area contributed by atoms with Gasteiger partial charge in [-0.15, -0.1) is 6.58 Å². The molecular formula is C18H26OSi. The van der Waals surface area contributed by atoms with Crippen molar-refractivity contribution in [3.05, 3.63) is 54.1 Å². The maximum absolute atomic E-state index is 6.53. The molecule has 20 heavy (non-hydrogen) atoms. The predicted octanol–water partition coefficient (Wildman–Crippen LogP) is 5.72. The zero-order chi connectivity index (χ0) is 15.0. The summed E-state index contributed by atoms with van der Waals surface area (Å²) >= 11 is 0. The fourth-order valence-corrected chi connectivity index (χ4v) is 3.33. The van der Waals surface area contributed by atoms with Gasteiger partial charge in [0.2, 0.25) is 8.32 Å². The molecule has 2 rings (SSSR count). The summed E-state index contributed by atoms with van der Waals surface area (Å²) in [4.78, 5) is 0. The molecule has 0 radical (unpaired) electrons. The van der Waals surface area contributed by atoms with Gasteiger partial charge >= 0.3 is 0 Å². The van der Waals surface area contributed by atoms with Crippen LogP contribution in [-0.2, 0) is 4.43 Å². The average molecular weight is 286 g/mol. The SMILES string of the molecule is C=CCC1C=C(O[Si](C)(C)C(C)(C)C)c2ccccc21. The number of rotatable bonds is 4. The Balaban J connectivity index is 2.33. The highest BCUT2D eigenvalue weighted by Crippen LogP contribution is 2.44. The van der Waals surface area contributed by atoms with E-state index in [-0.39, 0.29) is 5.04 Å². The third-order valence-electron chi connectivity index (χ3n) is 4.57. The maximum Gasteiger partial charge on any atom is 0.250 e. The van der Waals surface area contributed by atoms with E-state index in [1.54, 1.807) is 0 Å². The van der Waals surface area contributed by atoms with Crippen molar-refractivity contribution >= 4 is 14.1 Å². The molecule has 1 nitrogen and oxygen atoms in total. The Bertz CT molecular complexity index is 535. The van der Waals surface area contributed by atoms with Crippen molar-refractivity contribution in [2.45, 2.75) is 51.2 Å². The van der Waals surface area contributed by atoms with Crippen LogP contribution in [-0.4, -0.2) is 8.32 Å². The van der Waals surface area contributed by atoms with Crippen molar-refractivity contribution in [3.63, 3.8) is 0 Å². The molecule has 0 aliphatic heterocycles. The van der Waals surface area contributed by atoms with Crippen molar-refractivity contribution in [3.8, 4) is 0 Å². The fourth-order valence-electron chi connectivity index (χ4n) is 2.30. The third kappa shape index (κ3) is 2.75. The van der Waals surface area contributed by atoms with Gasteiger partial charge in [0.1, 0.15) is 5.76 Å². The van der Waals surface area contributed by atoms with Crippen molar-refractivity contribution in [1.82, 2.24) is 0 Å². The van der Waals surface area contributed by atoms with E-state index in [1.807, 2.05) is 6.08 Å². The molecule has 108 valence electrons. The van der Waals surface area contributed by atoms with Gasteiger partial charge in [-0.3, -0.25) is 0 Å². The van der Waals surface area contributed by atoms with Crippen molar-refractivity contribution in [2.24, 2.45) is 0 Å². The molecular weight excluding hydrogens is 260 g/mol. The van der Waals surface area contributed by atoms with Crippen LogP contribution in [0.4, 0.5) is 0 Å². The normalized spacial score (nSPS) is 18.4. The maximum atomic E-state index is 6.53. The van der Waals surface area contributed by atoms with Crippen LogP contribution in [0.3, 0.4) is 0 Å². The molecule has 1 aliphatic rings. The van der Waals surface area contributed by atoms with Crippen LogP contribution >= 0.6 is 0 Å². The first kappa shape index (κ1) is 15.1. The highest BCUT2D eigenvalue weighted by molar-refractivity contribution is 6.74. The summed E-state index contributed by atoms with van der Waals surface area (Å²) < 4.78 is 6.53. The van der Waals surface area contributed by atoms with Gasteiger partial charge in [0, 0.05) is 11.5 Å². The Morgan fingerprint density at radius 3 is 2.50 bits per heavy atom. The molecule has 1 aromatic rings. The van der Waals surface area contributed by atoms with Crippen LogP contribution < -0.4 is 0 Å². The van der Waals surface area contributed by atoms with Crippen LogP contribution in [0, 0.1) is 0 Å². The van der Waals surface area contributed by atoms with Gasteiger partial charge in [-0.1, -0.05) is 51.1 Å². The summed E-state index contributed by atoms with van der Waals surface area (Å²) in [6, 6.07) is 8.59. The fraction of sp³-hybridized carbons (Fsp3) is 0.444. The van der Waals surface area contributed by atoms with E-state index >= 15 is 0 Å². The van der Waals surface area contributed by atoms with E-state index in [4.69, 9.17) is 4.43 Å². The molecule has 1 atom stereocenters. The molecule has 1 aliphatic carbocycles. The van der Waals surface area contributed by atoms with Crippen LogP contribution in [0.1, 0.15) is 44.2 Å². The van der Waals surface area contributed by atoms with Crippen LogP contribution in [0.25, 0.3) is 5.76 Å². The Labute approximate surface area is 124 Å². The van der Waals surface area contributed by atoms with E-state index in [0.717, 1.165) is 12.2 Å². The molecule has 0 bridgehead atoms. The Morgan fingerprint density at radius 1 is 1.25 bits per heavy atom. The largest absolute Gasteiger partial charge is 0.543 e. The lowest BCUT2D eigenvalue weighted by Crippen LogP contribution is -2.40. The number of hydrogen-bond donors (Lipinski definition) is 0. The number of hydrogen-bond acceptors (Lipinski definition) is 1. The lowest BCUT2D eigenvalue weighted by Gasteiger charge is -2.37. The average Bonchev–Trinajstić information content (AvgIpc) is 2.67. The highest BCUT2D eigenvalue weighted by Gasteiger charge is 2.40. The van der Waals surface area contributed by atoms with Crippen molar-refractivity contribution in [1.29, 1.82) is 0 Å². The second kappa shape index (κ2) is 5.25. The Kier molecular flexibility index (Phi) is 3.97. The van der Waals surface area contributed by atoms with E-state index < -0.39 is 8.32 Å². The van der Waals surface area contributed by atoms with E-state index in [2.05, 4.69) is 70.8 Å². The van der Waals surface area contributed by atoms with Crippen LogP contribution in [0.15, 0.2) is 43.0 Å². The van der Waals surface area contributed by atoms with Crippen LogP contribution in [0.5, 0.6) is 0 Å². The molecule has 1 unspecified atom stereocenters. The predicted molar refractivity (Wildman–Crippen MR) is 90.3 cm³/mol. The van der Waals surface area contributed by atoms with E-state index in [9.17, 15) is 0 Å². The lowest BCUT2D eigenvalue weighted by atomic mass is 9.98. The molecule has 0 amide bonds. The minimum Gasteiger partial charge on any atom is -0.543 e. The Morgan fingerprint density at radius 2 is 1.90 bits per heavy atom. The van der Waals surface area contributed by atoms with Crippen molar-refractivity contribution in [2.75, 3.05) is 0 Å². The number of fused-ring (bicyclic) bond motifs is 1. The van der Waals surface area contributed by atoms with Gasteiger partial charge in [0.25, 0.3) is 0 Å². The third-order valence-corrected chi connectivity index (χ3v) is 8.91. The van der Waals surface area contributed by atoms with E-state index in [0.29, 0.717) is 5.92 Å². The minimum absolute atomic E-state index is 0.222. The number of allylic oxidation sites excluding steroid dienone is 2. The summed E-state index contributed by atoms with van der Waals surface area (Å²) in [5.41, 5.74) is 2.64. The Hall–Kier alpha value is -1.28. The van der Waals surface area contributed by atoms with Gasteiger partial charge in [-0.25, -0.2) is 0 Å². The molecule has 0 fully saturated rings. The highest BCUT2D eigenvalue weighted by atomic mass is 28.4. The second-order valence-corrected chi connectivity index (χ2v) is 11.8. The summed E-state index contributed by atoms with van der Waals surface area (Å²) in [5.74, 6) is 1.50. The molecule has 0 N–H and O–H groups in total. The standard InChI is InChI=1S/C18H26OSi/c1-7-10-14-13-17(16-12-9-8-11-15(14)16)19-20(5,6)18(2,3)4/h7-9,11-14H,1,10H2,2-6H3. The topological polar surface area (TPSA) is 9.23 Å². The summed E-state index contributed by atoms with van der Waals surface area (Å²) in [5, 5.41) is 0.222. The quantitative estimate of drug-likeness (QED) is 0.508.